The number of aromatic hydroxyl groups is 2. The lowest BCUT2D eigenvalue weighted by Crippen LogP contribution is -2.50. The van der Waals surface area contributed by atoms with Gasteiger partial charge in [0.1, 0.15) is 17.8 Å². The molecule has 0 spiro atoms. The maximum absolute atomic E-state index is 12.1. The minimum absolute atomic E-state index is 0.196. The predicted molar refractivity (Wildman–Crippen MR) is 147 cm³/mol. The first-order valence-electron chi connectivity index (χ1n) is 11.9. The van der Waals surface area contributed by atoms with E-state index in [4.69, 9.17) is 12.2 Å². The van der Waals surface area contributed by atoms with E-state index < -0.39 is 10.0 Å². The van der Waals surface area contributed by atoms with Crippen LogP contribution in [0.2, 0.25) is 0 Å². The summed E-state index contributed by atoms with van der Waals surface area (Å²) >= 11 is 5.63. The number of H-pyrrole nitrogens is 1. The highest BCUT2D eigenvalue weighted by atomic mass is 32.2. The van der Waals surface area contributed by atoms with Crippen LogP contribution in [0.3, 0.4) is 0 Å². The molecule has 2 aliphatic rings. The number of nitrogens with zero attached hydrogens (tertiary/aromatic N) is 4. The Morgan fingerprint density at radius 1 is 1.00 bits per heavy atom. The summed E-state index contributed by atoms with van der Waals surface area (Å²) in [6.07, 6.45) is 2.93. The zero-order valence-corrected chi connectivity index (χ0v) is 21.3. The standard InChI is InChI=1S/C24H25N7O4S2/c32-19-11-17-18(12-20(19)33)28-22-21(17)23(26-13-25-22)30-7-9-31(10-8-30)24(36)27-14-1-3-15(4-2-14)29-37(34,35)16-5-6-16/h1-4,11-13,16,29,32-33H,5-10H2,(H,27,36)(H,25,26,28). The normalized spacial score (nSPS) is 16.3. The van der Waals surface area contributed by atoms with Crippen molar-refractivity contribution in [3.8, 4) is 11.5 Å². The number of thiocarbonyl (C=S) groups is 1. The molecule has 2 aromatic carbocycles. The van der Waals surface area contributed by atoms with Crippen LogP contribution in [-0.4, -0.2) is 75.0 Å². The number of aromatic amines is 1. The molecule has 37 heavy (non-hydrogen) atoms. The summed E-state index contributed by atoms with van der Waals surface area (Å²) in [5, 5.41) is 25.0. The Morgan fingerprint density at radius 3 is 2.38 bits per heavy atom. The lowest BCUT2D eigenvalue weighted by atomic mass is 10.1. The first-order valence-corrected chi connectivity index (χ1v) is 13.8. The first kappa shape index (κ1) is 23.6. The summed E-state index contributed by atoms with van der Waals surface area (Å²) in [5.74, 6) is 0.360. The molecular weight excluding hydrogens is 514 g/mol. The third kappa shape index (κ3) is 4.55. The van der Waals surface area contributed by atoms with Gasteiger partial charge in [0.2, 0.25) is 10.0 Å². The summed E-state index contributed by atoms with van der Waals surface area (Å²) in [6, 6.07) is 10.1. The summed E-state index contributed by atoms with van der Waals surface area (Å²) in [4.78, 5) is 16.3. The number of aromatic nitrogens is 3. The second kappa shape index (κ2) is 8.92. The molecule has 1 saturated heterocycles. The minimum Gasteiger partial charge on any atom is -0.504 e. The van der Waals surface area contributed by atoms with Gasteiger partial charge in [-0.3, -0.25) is 4.72 Å². The molecule has 2 aromatic heterocycles. The van der Waals surface area contributed by atoms with Crippen LogP contribution in [0.25, 0.3) is 21.9 Å². The number of benzene rings is 2. The number of nitrogens with one attached hydrogen (secondary N) is 3. The first-order chi connectivity index (χ1) is 17.8. The van der Waals surface area contributed by atoms with E-state index in [0.29, 0.717) is 61.0 Å². The molecule has 2 fully saturated rings. The van der Waals surface area contributed by atoms with Crippen molar-refractivity contribution in [2.24, 2.45) is 0 Å². The van der Waals surface area contributed by atoms with Crippen molar-refractivity contribution >= 4 is 66.5 Å². The number of phenols is 2. The molecule has 1 aliphatic carbocycles. The van der Waals surface area contributed by atoms with Crippen LogP contribution in [-0.2, 0) is 10.0 Å². The Balaban J connectivity index is 1.12. The zero-order chi connectivity index (χ0) is 25.7. The van der Waals surface area contributed by atoms with Crippen molar-refractivity contribution in [3.05, 3.63) is 42.7 Å². The van der Waals surface area contributed by atoms with Gasteiger partial charge in [0, 0.05) is 49.0 Å². The van der Waals surface area contributed by atoms with E-state index in [-0.39, 0.29) is 16.7 Å². The van der Waals surface area contributed by atoms with Crippen molar-refractivity contribution in [2.45, 2.75) is 18.1 Å². The van der Waals surface area contributed by atoms with Crippen LogP contribution in [0.5, 0.6) is 11.5 Å². The Labute approximate surface area is 218 Å². The van der Waals surface area contributed by atoms with Crippen LogP contribution >= 0.6 is 12.2 Å². The highest BCUT2D eigenvalue weighted by Crippen LogP contribution is 2.37. The van der Waals surface area contributed by atoms with Gasteiger partial charge in [-0.2, -0.15) is 0 Å². The third-order valence-corrected chi connectivity index (χ3v) is 8.92. The number of sulfonamides is 1. The van der Waals surface area contributed by atoms with Crippen LogP contribution in [0.15, 0.2) is 42.7 Å². The summed E-state index contributed by atoms with van der Waals surface area (Å²) < 4.78 is 26.9. The molecule has 6 rings (SSSR count). The van der Waals surface area contributed by atoms with Crippen LogP contribution < -0.4 is 14.9 Å². The van der Waals surface area contributed by atoms with Crippen LogP contribution in [0, 0.1) is 0 Å². The van der Waals surface area contributed by atoms with E-state index in [0.717, 1.165) is 22.3 Å². The molecule has 0 radical (unpaired) electrons. The fourth-order valence-electron chi connectivity index (χ4n) is 4.54. The molecule has 192 valence electrons. The summed E-state index contributed by atoms with van der Waals surface area (Å²) in [5.41, 5.74) is 2.62. The second-order valence-corrected chi connectivity index (χ2v) is 11.6. The van der Waals surface area contributed by atoms with Gasteiger partial charge in [0.15, 0.2) is 16.6 Å². The Bertz CT molecular complexity index is 1610. The molecule has 3 heterocycles. The van der Waals surface area contributed by atoms with Crippen molar-refractivity contribution in [1.82, 2.24) is 19.9 Å². The van der Waals surface area contributed by atoms with E-state index in [1.807, 2.05) is 0 Å². The Kier molecular flexibility index (Phi) is 5.68. The molecule has 1 aliphatic heterocycles. The lowest BCUT2D eigenvalue weighted by molar-refractivity contribution is 0.390. The molecule has 0 atom stereocenters. The second-order valence-electron chi connectivity index (χ2n) is 9.26. The smallest absolute Gasteiger partial charge is 0.235 e. The maximum atomic E-state index is 12.1. The fourth-order valence-corrected chi connectivity index (χ4v) is 6.23. The van der Waals surface area contributed by atoms with E-state index in [1.54, 1.807) is 24.3 Å². The van der Waals surface area contributed by atoms with Crippen molar-refractivity contribution < 1.29 is 18.6 Å². The molecule has 1 saturated carbocycles. The number of piperazine rings is 1. The average Bonchev–Trinajstić information content (AvgIpc) is 3.69. The summed E-state index contributed by atoms with van der Waals surface area (Å²) in [6.45, 7) is 2.69. The molecule has 4 aromatic rings. The summed E-state index contributed by atoms with van der Waals surface area (Å²) in [7, 11) is -3.29. The van der Waals surface area contributed by atoms with Crippen LogP contribution in [0.4, 0.5) is 17.2 Å². The number of hydrogen-bond acceptors (Lipinski definition) is 8. The van der Waals surface area contributed by atoms with Gasteiger partial charge in [0.05, 0.1) is 16.2 Å². The van der Waals surface area contributed by atoms with Crippen LogP contribution in [0.1, 0.15) is 12.8 Å². The average molecular weight is 540 g/mol. The number of hydrogen-bond donors (Lipinski definition) is 5. The maximum Gasteiger partial charge on any atom is 0.235 e. The highest BCUT2D eigenvalue weighted by Gasteiger charge is 2.35. The van der Waals surface area contributed by atoms with E-state index in [2.05, 4.69) is 34.8 Å². The molecular formula is C24H25N7O4S2. The molecule has 5 N–H and O–H groups in total. The predicted octanol–water partition coefficient (Wildman–Crippen LogP) is 2.95. The molecule has 0 bridgehead atoms. The van der Waals surface area contributed by atoms with Gasteiger partial charge in [-0.1, -0.05) is 0 Å². The lowest BCUT2D eigenvalue weighted by Gasteiger charge is -2.37. The van der Waals surface area contributed by atoms with Crippen molar-refractivity contribution in [1.29, 1.82) is 0 Å². The van der Waals surface area contributed by atoms with E-state index in [1.165, 1.54) is 18.5 Å². The number of rotatable bonds is 5. The molecule has 0 unspecified atom stereocenters. The van der Waals surface area contributed by atoms with Gasteiger partial charge < -0.3 is 30.3 Å². The monoisotopic (exact) mass is 539 g/mol. The number of anilines is 3. The van der Waals surface area contributed by atoms with E-state index >= 15 is 0 Å². The van der Waals surface area contributed by atoms with Gasteiger partial charge in [-0.25, -0.2) is 18.4 Å². The number of fused-ring (bicyclic) bond motifs is 3. The van der Waals surface area contributed by atoms with Gasteiger partial charge in [-0.15, -0.1) is 0 Å². The van der Waals surface area contributed by atoms with Gasteiger partial charge in [-0.05, 0) is 55.4 Å². The molecule has 0 amide bonds. The molecule has 11 nitrogen and oxygen atoms in total. The Morgan fingerprint density at radius 2 is 1.68 bits per heavy atom. The van der Waals surface area contributed by atoms with Gasteiger partial charge >= 0.3 is 0 Å². The zero-order valence-electron chi connectivity index (χ0n) is 19.7. The minimum atomic E-state index is -3.29. The quantitative estimate of drug-likeness (QED) is 0.189. The molecule has 13 heteroatoms. The number of phenolic OH excluding ortho intramolecular Hbond substituents is 2. The third-order valence-electron chi connectivity index (χ3n) is 6.69. The topological polar surface area (TPSA) is 147 Å². The van der Waals surface area contributed by atoms with E-state index in [9.17, 15) is 18.6 Å². The van der Waals surface area contributed by atoms with Crippen molar-refractivity contribution in [2.75, 3.05) is 41.1 Å². The highest BCUT2D eigenvalue weighted by molar-refractivity contribution is 7.93. The fraction of sp³-hybridized carbons (Fsp3) is 0.292. The largest absolute Gasteiger partial charge is 0.504 e. The van der Waals surface area contributed by atoms with Crippen molar-refractivity contribution in [3.63, 3.8) is 0 Å². The SMILES string of the molecule is O=S(=O)(Nc1ccc(NC(=S)N2CCN(c3ncnc4[nH]c5cc(O)c(O)cc5c34)CC2)cc1)C1CC1. The Hall–Kier alpha value is -3.84. The van der Waals surface area contributed by atoms with Gasteiger partial charge in [0.25, 0.3) is 0 Å².